The molecule has 3 aromatic rings. The van der Waals surface area contributed by atoms with Crippen LogP contribution in [0.15, 0.2) is 41.2 Å². The lowest BCUT2D eigenvalue weighted by Crippen LogP contribution is -2.03. The molecule has 0 spiro atoms. The predicted octanol–water partition coefficient (Wildman–Crippen LogP) is 6.27. The van der Waals surface area contributed by atoms with Crippen LogP contribution in [0.5, 0.6) is 5.75 Å². The van der Waals surface area contributed by atoms with Crippen LogP contribution < -0.4 is 10.2 Å². The minimum absolute atomic E-state index is 0.0229. The zero-order valence-electron chi connectivity index (χ0n) is 13.7. The smallest absolute Gasteiger partial charge is 0.197 e. The first kappa shape index (κ1) is 17.8. The van der Waals surface area contributed by atoms with Gasteiger partial charge in [-0.1, -0.05) is 50.9 Å². The summed E-state index contributed by atoms with van der Waals surface area (Å²) < 4.78 is 7.62. The average Bonchev–Trinajstić information content (AvgIpc) is 2.59. The van der Waals surface area contributed by atoms with Crippen molar-refractivity contribution in [3.8, 4) is 5.75 Å². The molecule has 1 aromatic heterocycles. The van der Waals surface area contributed by atoms with Gasteiger partial charge in [-0.15, -0.1) is 11.3 Å². The molecule has 0 fully saturated rings. The zero-order valence-corrected chi connectivity index (χ0v) is 15.3. The largest absolute Gasteiger partial charge is 0.492 e. The van der Waals surface area contributed by atoms with Crippen LogP contribution >= 0.6 is 22.9 Å². The molecule has 0 bridgehead atoms. The number of hydrogen-bond donors (Lipinski definition) is 0. The molecule has 0 saturated carbocycles. The van der Waals surface area contributed by atoms with Gasteiger partial charge in [0.25, 0.3) is 0 Å². The van der Waals surface area contributed by atoms with E-state index in [1.54, 1.807) is 17.4 Å². The van der Waals surface area contributed by atoms with Crippen LogP contribution in [-0.4, -0.2) is 6.61 Å². The number of hydrogen-bond acceptors (Lipinski definition) is 3. The summed E-state index contributed by atoms with van der Waals surface area (Å²) >= 11 is 7.80. The zero-order chi connectivity index (χ0) is 16.8. The monoisotopic (exact) mass is 348 g/mol. The molecule has 0 aliphatic carbocycles. The second kappa shape index (κ2) is 8.32. The quantitative estimate of drug-likeness (QED) is 0.410. The van der Waals surface area contributed by atoms with Gasteiger partial charge in [0.15, 0.2) is 5.43 Å². The maximum absolute atomic E-state index is 12.7. The van der Waals surface area contributed by atoms with Gasteiger partial charge in [0.1, 0.15) is 5.75 Å². The van der Waals surface area contributed by atoms with Crippen molar-refractivity contribution in [2.45, 2.75) is 33.6 Å². The van der Waals surface area contributed by atoms with Gasteiger partial charge in [-0.25, -0.2) is 0 Å². The summed E-state index contributed by atoms with van der Waals surface area (Å²) in [4.78, 5) is 12.7. The molecule has 4 heteroatoms. The van der Waals surface area contributed by atoms with Crippen molar-refractivity contribution in [1.82, 2.24) is 0 Å². The Morgan fingerprint density at radius 3 is 2.61 bits per heavy atom. The third-order valence-corrected chi connectivity index (χ3v) is 4.90. The van der Waals surface area contributed by atoms with Crippen molar-refractivity contribution < 1.29 is 4.74 Å². The molecule has 122 valence electrons. The fraction of sp³-hybridized carbons (Fsp3) is 0.316. The van der Waals surface area contributed by atoms with Crippen molar-refractivity contribution in [2.75, 3.05) is 6.61 Å². The Bertz CT molecular complexity index is 855. The van der Waals surface area contributed by atoms with E-state index < -0.39 is 0 Å². The highest BCUT2D eigenvalue weighted by molar-refractivity contribution is 7.25. The number of rotatable bonds is 4. The summed E-state index contributed by atoms with van der Waals surface area (Å²) in [5.41, 5.74) is -0.0229. The third kappa shape index (κ3) is 3.67. The number of benzene rings is 2. The van der Waals surface area contributed by atoms with Crippen molar-refractivity contribution in [3.63, 3.8) is 0 Å². The van der Waals surface area contributed by atoms with Crippen LogP contribution in [0.3, 0.4) is 0 Å². The Balaban J connectivity index is 0.000000924. The highest BCUT2D eigenvalue weighted by atomic mass is 35.5. The fourth-order valence-electron chi connectivity index (χ4n) is 2.28. The first-order valence-corrected chi connectivity index (χ1v) is 9.18. The van der Waals surface area contributed by atoms with Crippen LogP contribution in [0.25, 0.3) is 20.2 Å². The van der Waals surface area contributed by atoms with E-state index in [1.165, 1.54) is 0 Å². The maximum Gasteiger partial charge on any atom is 0.197 e. The van der Waals surface area contributed by atoms with E-state index in [4.69, 9.17) is 16.3 Å². The summed E-state index contributed by atoms with van der Waals surface area (Å²) in [5.74, 6) is 0.746. The average molecular weight is 349 g/mol. The standard InChI is InChI=1S/C17H15ClO2S.C2H6/c1-2-3-10-20-13-9-8-12(18)15-16(19)11-6-4-5-7-14(11)21-17(13)15;1-2/h4-9H,2-3,10H2,1H3;1-2H3. The summed E-state index contributed by atoms with van der Waals surface area (Å²) in [6, 6.07) is 11.2. The van der Waals surface area contributed by atoms with E-state index >= 15 is 0 Å². The van der Waals surface area contributed by atoms with Gasteiger partial charge in [0, 0.05) is 10.1 Å². The van der Waals surface area contributed by atoms with Crippen LogP contribution in [-0.2, 0) is 0 Å². The Labute approximate surface area is 145 Å². The van der Waals surface area contributed by atoms with Gasteiger partial charge >= 0.3 is 0 Å². The summed E-state index contributed by atoms with van der Waals surface area (Å²) in [6.45, 7) is 6.77. The van der Waals surface area contributed by atoms with Crippen LogP contribution in [0, 0.1) is 0 Å². The summed E-state index contributed by atoms with van der Waals surface area (Å²) in [7, 11) is 0. The summed E-state index contributed by atoms with van der Waals surface area (Å²) in [6.07, 6.45) is 2.07. The lowest BCUT2D eigenvalue weighted by Gasteiger charge is -2.10. The molecular formula is C19H21ClO2S. The molecule has 3 rings (SSSR count). The summed E-state index contributed by atoms with van der Waals surface area (Å²) in [5, 5.41) is 1.76. The molecule has 0 saturated heterocycles. The van der Waals surface area contributed by atoms with Gasteiger partial charge in [0.2, 0.25) is 0 Å². The first-order valence-electron chi connectivity index (χ1n) is 7.99. The minimum Gasteiger partial charge on any atom is -0.492 e. The number of halogens is 1. The van der Waals surface area contributed by atoms with Gasteiger partial charge < -0.3 is 4.74 Å². The van der Waals surface area contributed by atoms with Crippen molar-refractivity contribution in [1.29, 1.82) is 0 Å². The minimum atomic E-state index is -0.0229. The van der Waals surface area contributed by atoms with Crippen molar-refractivity contribution >= 4 is 43.1 Å². The van der Waals surface area contributed by atoms with Crippen molar-refractivity contribution in [3.05, 3.63) is 51.6 Å². The lowest BCUT2D eigenvalue weighted by molar-refractivity contribution is 0.313. The van der Waals surface area contributed by atoms with E-state index in [0.29, 0.717) is 22.4 Å². The molecule has 1 heterocycles. The molecule has 0 amide bonds. The van der Waals surface area contributed by atoms with Crippen LogP contribution in [0.4, 0.5) is 0 Å². The molecule has 23 heavy (non-hydrogen) atoms. The molecule has 0 atom stereocenters. The Hall–Kier alpha value is -1.58. The number of unbranched alkanes of at least 4 members (excludes halogenated alkanes) is 1. The normalized spacial score (nSPS) is 10.4. The molecule has 2 nitrogen and oxygen atoms in total. The van der Waals surface area contributed by atoms with Gasteiger partial charge in [-0.2, -0.15) is 0 Å². The van der Waals surface area contributed by atoms with Crippen LogP contribution in [0.1, 0.15) is 33.6 Å². The number of ether oxygens (including phenoxy) is 1. The maximum atomic E-state index is 12.7. The first-order chi connectivity index (χ1) is 11.2. The van der Waals surface area contributed by atoms with E-state index in [9.17, 15) is 4.79 Å². The van der Waals surface area contributed by atoms with E-state index in [0.717, 1.165) is 28.0 Å². The second-order valence-corrected chi connectivity index (χ2v) is 6.34. The molecule has 0 unspecified atom stereocenters. The third-order valence-electron chi connectivity index (χ3n) is 3.40. The highest BCUT2D eigenvalue weighted by Crippen LogP contribution is 2.35. The molecule has 0 aliphatic rings. The predicted molar refractivity (Wildman–Crippen MR) is 102 cm³/mol. The van der Waals surface area contributed by atoms with Crippen molar-refractivity contribution in [2.24, 2.45) is 0 Å². The van der Waals surface area contributed by atoms with E-state index in [1.807, 2.05) is 44.2 Å². The second-order valence-electron chi connectivity index (χ2n) is 4.88. The molecule has 0 radical (unpaired) electrons. The molecule has 0 N–H and O–H groups in total. The van der Waals surface area contributed by atoms with Gasteiger partial charge in [0.05, 0.1) is 21.7 Å². The van der Waals surface area contributed by atoms with E-state index in [-0.39, 0.29) is 5.43 Å². The van der Waals surface area contributed by atoms with Crippen LogP contribution in [0.2, 0.25) is 5.02 Å². The fourth-order valence-corrected chi connectivity index (χ4v) is 3.75. The Kier molecular flexibility index (Phi) is 6.43. The number of fused-ring (bicyclic) bond motifs is 2. The lowest BCUT2D eigenvalue weighted by atomic mass is 10.2. The molecule has 0 aliphatic heterocycles. The highest BCUT2D eigenvalue weighted by Gasteiger charge is 2.13. The topological polar surface area (TPSA) is 26.3 Å². The van der Waals surface area contributed by atoms with E-state index in [2.05, 4.69) is 6.92 Å². The molecule has 2 aromatic carbocycles. The Morgan fingerprint density at radius 2 is 1.87 bits per heavy atom. The van der Waals surface area contributed by atoms with Gasteiger partial charge in [-0.05, 0) is 30.7 Å². The molecular weight excluding hydrogens is 328 g/mol. The Morgan fingerprint density at radius 1 is 1.13 bits per heavy atom. The SMILES string of the molecule is CC.CCCCOc1ccc(Cl)c2c(=O)c3ccccc3sc12. The van der Waals surface area contributed by atoms with Gasteiger partial charge in [-0.3, -0.25) is 4.79 Å².